The van der Waals surface area contributed by atoms with Crippen molar-refractivity contribution in [3.05, 3.63) is 27.7 Å². The van der Waals surface area contributed by atoms with Gasteiger partial charge in [-0.25, -0.2) is 0 Å². The highest BCUT2D eigenvalue weighted by atomic mass is 79.9. The van der Waals surface area contributed by atoms with E-state index in [0.29, 0.717) is 11.6 Å². The Bertz CT molecular complexity index is 370. The number of hydrogen-bond donors (Lipinski definition) is 2. The lowest BCUT2D eigenvalue weighted by Gasteiger charge is -2.10. The van der Waals surface area contributed by atoms with E-state index in [2.05, 4.69) is 21.2 Å². The first-order valence-corrected chi connectivity index (χ1v) is 5.66. The van der Waals surface area contributed by atoms with Crippen molar-refractivity contribution in [2.75, 3.05) is 11.9 Å². The summed E-state index contributed by atoms with van der Waals surface area (Å²) in [7, 11) is 0. The van der Waals surface area contributed by atoms with Crippen LogP contribution in [0.25, 0.3) is 0 Å². The number of carbonyl (C=O) groups is 1. The zero-order valence-electron chi connectivity index (χ0n) is 8.26. The topological polar surface area (TPSA) is 55.1 Å². The molecular weight excluding hydrogens is 279 g/mol. The monoisotopic (exact) mass is 290 g/mol. The summed E-state index contributed by atoms with van der Waals surface area (Å²) >= 11 is 9.21. The molecule has 82 valence electrons. The summed E-state index contributed by atoms with van der Waals surface area (Å²) in [6.07, 6.45) is 0. The number of rotatable bonds is 4. The lowest BCUT2D eigenvalue weighted by Crippen LogP contribution is -2.26. The Hall–Kier alpha value is -0.740. The molecule has 0 fully saturated rings. The summed E-state index contributed by atoms with van der Waals surface area (Å²) in [5.74, 6) is -0.516. The SMILES string of the molecule is CC(CNc1ccc(Br)c(Cl)c1)C(N)=O. The summed E-state index contributed by atoms with van der Waals surface area (Å²) in [5, 5.41) is 3.72. The first-order chi connectivity index (χ1) is 7.00. The molecule has 3 N–H and O–H groups in total. The molecule has 0 aliphatic rings. The predicted molar refractivity (Wildman–Crippen MR) is 66.0 cm³/mol. The van der Waals surface area contributed by atoms with E-state index < -0.39 is 0 Å². The fraction of sp³-hybridized carbons (Fsp3) is 0.300. The molecule has 1 amide bonds. The Morgan fingerprint density at radius 1 is 1.67 bits per heavy atom. The van der Waals surface area contributed by atoms with Gasteiger partial charge in [-0.3, -0.25) is 4.79 Å². The number of anilines is 1. The Morgan fingerprint density at radius 3 is 2.87 bits per heavy atom. The average Bonchev–Trinajstić information content (AvgIpc) is 2.19. The quantitative estimate of drug-likeness (QED) is 0.896. The minimum atomic E-state index is -0.314. The second-order valence-electron chi connectivity index (χ2n) is 3.31. The second-order valence-corrected chi connectivity index (χ2v) is 4.57. The number of carbonyl (C=O) groups excluding carboxylic acids is 1. The number of halogens is 2. The standard InChI is InChI=1S/C10H12BrClN2O/c1-6(10(13)15)5-14-7-2-3-8(11)9(12)4-7/h2-4,6,14H,5H2,1H3,(H2,13,15). The van der Waals surface area contributed by atoms with Gasteiger partial charge in [-0.15, -0.1) is 0 Å². The minimum absolute atomic E-state index is 0.201. The number of nitrogens with one attached hydrogen (secondary N) is 1. The zero-order chi connectivity index (χ0) is 11.4. The van der Waals surface area contributed by atoms with Crippen molar-refractivity contribution in [1.82, 2.24) is 0 Å². The van der Waals surface area contributed by atoms with Gasteiger partial charge in [0, 0.05) is 16.7 Å². The summed E-state index contributed by atoms with van der Waals surface area (Å²) in [5.41, 5.74) is 6.01. The van der Waals surface area contributed by atoms with Gasteiger partial charge in [0.15, 0.2) is 0 Å². The molecule has 0 heterocycles. The molecule has 5 heteroatoms. The van der Waals surface area contributed by atoms with Gasteiger partial charge in [0.05, 0.1) is 10.9 Å². The first kappa shape index (κ1) is 12.3. The van der Waals surface area contributed by atoms with Crippen LogP contribution in [0.2, 0.25) is 5.02 Å². The maximum Gasteiger partial charge on any atom is 0.222 e. The van der Waals surface area contributed by atoms with E-state index in [1.165, 1.54) is 0 Å². The van der Waals surface area contributed by atoms with Gasteiger partial charge in [-0.05, 0) is 34.1 Å². The molecule has 0 radical (unpaired) electrons. The van der Waals surface area contributed by atoms with Gasteiger partial charge in [-0.2, -0.15) is 0 Å². The van der Waals surface area contributed by atoms with E-state index in [9.17, 15) is 4.79 Å². The van der Waals surface area contributed by atoms with Crippen molar-refractivity contribution >= 4 is 39.1 Å². The highest BCUT2D eigenvalue weighted by Crippen LogP contribution is 2.25. The third kappa shape index (κ3) is 3.72. The third-order valence-corrected chi connectivity index (χ3v) is 3.25. The Balaban J connectivity index is 2.58. The van der Waals surface area contributed by atoms with Gasteiger partial charge in [0.2, 0.25) is 5.91 Å². The van der Waals surface area contributed by atoms with Crippen LogP contribution in [-0.2, 0) is 4.79 Å². The molecule has 1 atom stereocenters. The molecule has 1 unspecified atom stereocenters. The molecule has 1 rings (SSSR count). The molecule has 0 saturated carbocycles. The molecule has 0 aliphatic heterocycles. The first-order valence-electron chi connectivity index (χ1n) is 4.49. The van der Waals surface area contributed by atoms with E-state index in [1.807, 2.05) is 12.1 Å². The van der Waals surface area contributed by atoms with E-state index in [4.69, 9.17) is 17.3 Å². The highest BCUT2D eigenvalue weighted by Gasteiger charge is 2.08. The van der Waals surface area contributed by atoms with Crippen LogP contribution in [0.5, 0.6) is 0 Å². The van der Waals surface area contributed by atoms with Crippen LogP contribution < -0.4 is 11.1 Å². The zero-order valence-corrected chi connectivity index (χ0v) is 10.6. The number of hydrogen-bond acceptors (Lipinski definition) is 2. The summed E-state index contributed by atoms with van der Waals surface area (Å²) in [4.78, 5) is 10.8. The van der Waals surface area contributed by atoms with E-state index in [1.54, 1.807) is 13.0 Å². The number of benzene rings is 1. The molecule has 1 aromatic carbocycles. The average molecular weight is 292 g/mol. The summed E-state index contributed by atoms with van der Waals surface area (Å²) in [6, 6.07) is 5.52. The Kier molecular flexibility index (Phi) is 4.42. The van der Waals surface area contributed by atoms with Crippen molar-refractivity contribution in [3.8, 4) is 0 Å². The van der Waals surface area contributed by atoms with Crippen LogP contribution in [0.15, 0.2) is 22.7 Å². The van der Waals surface area contributed by atoms with Gasteiger partial charge < -0.3 is 11.1 Å². The fourth-order valence-electron chi connectivity index (χ4n) is 0.978. The Labute approximate surface area is 102 Å². The Morgan fingerprint density at radius 2 is 2.33 bits per heavy atom. The lowest BCUT2D eigenvalue weighted by atomic mass is 10.1. The van der Waals surface area contributed by atoms with Gasteiger partial charge in [0.1, 0.15) is 0 Å². The van der Waals surface area contributed by atoms with Crippen molar-refractivity contribution < 1.29 is 4.79 Å². The molecule has 0 bridgehead atoms. The maximum atomic E-state index is 10.8. The molecule has 0 saturated heterocycles. The highest BCUT2D eigenvalue weighted by molar-refractivity contribution is 9.10. The van der Waals surface area contributed by atoms with E-state index in [0.717, 1.165) is 10.2 Å². The van der Waals surface area contributed by atoms with Crippen molar-refractivity contribution in [1.29, 1.82) is 0 Å². The van der Waals surface area contributed by atoms with E-state index in [-0.39, 0.29) is 11.8 Å². The fourth-order valence-corrected chi connectivity index (χ4v) is 1.40. The molecule has 0 spiro atoms. The number of nitrogens with two attached hydrogens (primary N) is 1. The molecular formula is C10H12BrClN2O. The molecule has 3 nitrogen and oxygen atoms in total. The van der Waals surface area contributed by atoms with Crippen LogP contribution >= 0.6 is 27.5 Å². The van der Waals surface area contributed by atoms with E-state index >= 15 is 0 Å². The van der Waals surface area contributed by atoms with Crippen molar-refractivity contribution in [2.45, 2.75) is 6.92 Å². The largest absolute Gasteiger partial charge is 0.384 e. The van der Waals surface area contributed by atoms with Gasteiger partial charge in [0.25, 0.3) is 0 Å². The van der Waals surface area contributed by atoms with Crippen molar-refractivity contribution in [2.24, 2.45) is 11.7 Å². The summed E-state index contributed by atoms with van der Waals surface area (Å²) < 4.78 is 0.845. The van der Waals surface area contributed by atoms with Gasteiger partial charge >= 0.3 is 0 Å². The van der Waals surface area contributed by atoms with Crippen LogP contribution in [0.4, 0.5) is 5.69 Å². The molecule has 0 aromatic heterocycles. The molecule has 15 heavy (non-hydrogen) atoms. The third-order valence-electron chi connectivity index (χ3n) is 2.02. The summed E-state index contributed by atoms with van der Waals surface area (Å²) in [6.45, 7) is 2.28. The lowest BCUT2D eigenvalue weighted by molar-refractivity contribution is -0.120. The molecule has 0 aliphatic carbocycles. The van der Waals surface area contributed by atoms with Crippen LogP contribution in [0.3, 0.4) is 0 Å². The minimum Gasteiger partial charge on any atom is -0.384 e. The van der Waals surface area contributed by atoms with Gasteiger partial charge in [-0.1, -0.05) is 18.5 Å². The maximum absolute atomic E-state index is 10.8. The normalized spacial score (nSPS) is 12.2. The molecule has 1 aromatic rings. The van der Waals surface area contributed by atoms with Crippen LogP contribution in [-0.4, -0.2) is 12.5 Å². The predicted octanol–water partition coefficient (Wildman–Crippen LogP) is 2.64. The number of amides is 1. The smallest absolute Gasteiger partial charge is 0.222 e. The number of primary amides is 1. The second kappa shape index (κ2) is 5.37. The van der Waals surface area contributed by atoms with Crippen molar-refractivity contribution in [3.63, 3.8) is 0 Å². The van der Waals surface area contributed by atoms with Crippen LogP contribution in [0, 0.1) is 5.92 Å². The van der Waals surface area contributed by atoms with Crippen LogP contribution in [0.1, 0.15) is 6.92 Å².